The molecule has 1 N–H and O–H groups in total. The van der Waals surface area contributed by atoms with Gasteiger partial charge in [0, 0.05) is 11.8 Å². The maximum absolute atomic E-state index is 11.6. The van der Waals surface area contributed by atoms with E-state index in [2.05, 4.69) is 12.2 Å². The normalized spacial score (nSPS) is 12.5. The molecule has 0 aliphatic carbocycles. The number of ether oxygens (including phenoxy) is 1. The van der Waals surface area contributed by atoms with Crippen LogP contribution >= 0.6 is 34.8 Å². The maximum Gasteiger partial charge on any atom is 0.332 e. The Labute approximate surface area is 140 Å². The van der Waals surface area contributed by atoms with E-state index >= 15 is 0 Å². The quantitative estimate of drug-likeness (QED) is 0.235. The van der Waals surface area contributed by atoms with Gasteiger partial charge in [0.1, 0.15) is 0 Å². The fourth-order valence-corrected chi connectivity index (χ4v) is 1.50. The van der Waals surface area contributed by atoms with Crippen LogP contribution in [0.1, 0.15) is 39.5 Å². The van der Waals surface area contributed by atoms with Crippen molar-refractivity contribution in [1.82, 2.24) is 5.32 Å². The molecule has 0 aromatic carbocycles. The second-order valence-corrected chi connectivity index (χ2v) is 6.48. The van der Waals surface area contributed by atoms with Crippen LogP contribution in [0.15, 0.2) is 23.9 Å². The van der Waals surface area contributed by atoms with Crippen molar-refractivity contribution in [2.45, 2.75) is 43.3 Å². The van der Waals surface area contributed by atoms with Gasteiger partial charge in [-0.1, -0.05) is 60.6 Å². The van der Waals surface area contributed by atoms with Crippen molar-refractivity contribution >= 4 is 46.7 Å². The molecule has 0 aromatic heterocycles. The minimum Gasteiger partial charge on any atom is -0.463 e. The van der Waals surface area contributed by atoms with E-state index < -0.39 is 15.7 Å². The largest absolute Gasteiger partial charge is 0.463 e. The van der Waals surface area contributed by atoms with E-state index in [-0.39, 0.29) is 12.3 Å². The summed E-state index contributed by atoms with van der Waals surface area (Å²) in [4.78, 5) is 23.1. The zero-order valence-corrected chi connectivity index (χ0v) is 14.4. The summed E-state index contributed by atoms with van der Waals surface area (Å²) in [5, 5.41) is 2.38. The lowest BCUT2D eigenvalue weighted by molar-refractivity contribution is -0.137. The van der Waals surface area contributed by atoms with Gasteiger partial charge in [-0.3, -0.25) is 4.79 Å². The number of halogens is 3. The summed E-state index contributed by atoms with van der Waals surface area (Å²) in [6.45, 7) is 4.03. The van der Waals surface area contributed by atoms with Gasteiger partial charge in [-0.05, 0) is 25.8 Å². The zero-order valence-electron chi connectivity index (χ0n) is 12.1. The molecule has 0 rings (SSSR count). The van der Waals surface area contributed by atoms with Crippen LogP contribution in [-0.2, 0) is 14.3 Å². The number of rotatable bonds is 8. The Morgan fingerprint density at radius 2 is 1.86 bits per heavy atom. The molecule has 0 atom stereocenters. The van der Waals surface area contributed by atoms with Gasteiger partial charge in [-0.15, -0.1) is 0 Å². The molecule has 0 aliphatic rings. The Balaban J connectivity index is 4.77. The number of hydrogen-bond donors (Lipinski definition) is 1. The Morgan fingerprint density at radius 3 is 2.38 bits per heavy atom. The van der Waals surface area contributed by atoms with Gasteiger partial charge in [0.05, 0.1) is 6.61 Å². The van der Waals surface area contributed by atoms with Crippen LogP contribution in [-0.4, -0.2) is 22.3 Å². The number of carbonyl (C=O) groups excluding carboxylic acids is 2. The number of amides is 1. The van der Waals surface area contributed by atoms with Gasteiger partial charge in [-0.2, -0.15) is 0 Å². The topological polar surface area (TPSA) is 55.4 Å². The predicted molar refractivity (Wildman–Crippen MR) is 86.4 cm³/mol. The number of esters is 1. The van der Waals surface area contributed by atoms with Crippen LogP contribution in [0.2, 0.25) is 0 Å². The van der Waals surface area contributed by atoms with Crippen LogP contribution in [0.5, 0.6) is 0 Å². The highest BCUT2D eigenvalue weighted by molar-refractivity contribution is 6.76. The first-order chi connectivity index (χ1) is 9.81. The van der Waals surface area contributed by atoms with Crippen LogP contribution in [0, 0.1) is 0 Å². The SMILES string of the molecule is CCCCC/C=C\C(=C/C(=O)OCC)NC(=O)C(Cl)(Cl)Cl. The van der Waals surface area contributed by atoms with E-state index in [1.54, 1.807) is 13.0 Å². The molecule has 0 saturated carbocycles. The van der Waals surface area contributed by atoms with Crippen LogP contribution in [0.4, 0.5) is 0 Å². The molecule has 0 bridgehead atoms. The lowest BCUT2D eigenvalue weighted by atomic mass is 10.2. The number of alkyl halides is 3. The summed E-state index contributed by atoms with van der Waals surface area (Å²) < 4.78 is 2.69. The number of unbranched alkanes of at least 4 members (excludes halogenated alkanes) is 3. The van der Waals surface area contributed by atoms with Crippen LogP contribution in [0.3, 0.4) is 0 Å². The van der Waals surface area contributed by atoms with Gasteiger partial charge < -0.3 is 10.1 Å². The monoisotopic (exact) mass is 355 g/mol. The predicted octanol–water partition coefficient (Wildman–Crippen LogP) is 4.06. The molecule has 0 heterocycles. The van der Waals surface area contributed by atoms with Crippen molar-refractivity contribution in [3.8, 4) is 0 Å². The summed E-state index contributed by atoms with van der Waals surface area (Å²) in [5.74, 6) is -1.41. The van der Waals surface area contributed by atoms with E-state index in [1.165, 1.54) is 0 Å². The maximum atomic E-state index is 11.6. The highest BCUT2D eigenvalue weighted by atomic mass is 35.6. The second-order valence-electron chi connectivity index (χ2n) is 4.20. The summed E-state index contributed by atoms with van der Waals surface area (Å²) >= 11 is 16.4. The first-order valence-electron chi connectivity index (χ1n) is 6.74. The van der Waals surface area contributed by atoms with Gasteiger partial charge in [0.2, 0.25) is 0 Å². The van der Waals surface area contributed by atoms with Crippen molar-refractivity contribution in [2.75, 3.05) is 6.61 Å². The standard InChI is InChI=1S/C14H20Cl3NO3/c1-3-5-6-7-8-9-11(10-12(19)21-4-2)18-13(20)14(15,16)17/h8-10H,3-7H2,1-2H3,(H,18,20)/b9-8-,11-10+. The Kier molecular flexibility index (Phi) is 10.6. The molecule has 0 aliphatic heterocycles. The van der Waals surface area contributed by atoms with E-state index in [9.17, 15) is 9.59 Å². The van der Waals surface area contributed by atoms with E-state index in [1.807, 2.05) is 6.08 Å². The first kappa shape index (κ1) is 20.3. The molecule has 120 valence electrons. The third-order valence-electron chi connectivity index (χ3n) is 2.35. The van der Waals surface area contributed by atoms with Crippen molar-refractivity contribution in [1.29, 1.82) is 0 Å². The number of carbonyl (C=O) groups is 2. The van der Waals surface area contributed by atoms with Gasteiger partial charge in [0.25, 0.3) is 9.70 Å². The molecule has 21 heavy (non-hydrogen) atoms. The molecule has 1 amide bonds. The smallest absolute Gasteiger partial charge is 0.332 e. The molecular formula is C14H20Cl3NO3. The van der Waals surface area contributed by atoms with E-state index in [0.717, 1.165) is 31.8 Å². The molecule has 0 fully saturated rings. The average Bonchev–Trinajstić information content (AvgIpc) is 2.37. The Bertz CT molecular complexity index is 401. The van der Waals surface area contributed by atoms with Crippen molar-refractivity contribution in [3.63, 3.8) is 0 Å². The minimum absolute atomic E-state index is 0.223. The average molecular weight is 357 g/mol. The van der Waals surface area contributed by atoms with E-state index in [4.69, 9.17) is 39.5 Å². The molecule has 0 radical (unpaired) electrons. The Hall–Kier alpha value is -0.710. The Morgan fingerprint density at radius 1 is 1.19 bits per heavy atom. The summed E-state index contributed by atoms with van der Waals surface area (Å²) in [6, 6.07) is 0. The van der Waals surface area contributed by atoms with Gasteiger partial charge in [0.15, 0.2) is 0 Å². The second kappa shape index (κ2) is 10.9. The summed E-state index contributed by atoms with van der Waals surface area (Å²) in [5.41, 5.74) is 0.223. The first-order valence-corrected chi connectivity index (χ1v) is 7.87. The molecule has 0 saturated heterocycles. The molecule has 4 nitrogen and oxygen atoms in total. The van der Waals surface area contributed by atoms with Crippen LogP contribution < -0.4 is 5.32 Å². The zero-order chi connectivity index (χ0) is 16.3. The fourth-order valence-electron chi connectivity index (χ4n) is 1.36. The van der Waals surface area contributed by atoms with Gasteiger partial charge >= 0.3 is 5.97 Å². The molecule has 0 spiro atoms. The molecular weight excluding hydrogens is 337 g/mol. The third-order valence-corrected chi connectivity index (χ3v) is 2.86. The highest BCUT2D eigenvalue weighted by Crippen LogP contribution is 2.26. The third kappa shape index (κ3) is 10.6. The van der Waals surface area contributed by atoms with E-state index in [0.29, 0.717) is 0 Å². The lowest BCUT2D eigenvalue weighted by Crippen LogP contribution is -2.33. The van der Waals surface area contributed by atoms with Gasteiger partial charge in [-0.25, -0.2) is 4.79 Å². The van der Waals surface area contributed by atoms with Crippen molar-refractivity contribution < 1.29 is 14.3 Å². The fraction of sp³-hybridized carbons (Fsp3) is 0.571. The molecule has 7 heteroatoms. The van der Waals surface area contributed by atoms with Crippen molar-refractivity contribution in [2.24, 2.45) is 0 Å². The number of nitrogens with one attached hydrogen (secondary N) is 1. The highest BCUT2D eigenvalue weighted by Gasteiger charge is 2.30. The number of hydrogen-bond acceptors (Lipinski definition) is 3. The summed E-state index contributed by atoms with van der Waals surface area (Å²) in [6.07, 6.45) is 8.68. The molecule has 0 unspecified atom stereocenters. The van der Waals surface area contributed by atoms with Crippen molar-refractivity contribution in [3.05, 3.63) is 23.9 Å². The summed E-state index contributed by atoms with van der Waals surface area (Å²) in [7, 11) is 0. The number of allylic oxidation sites excluding steroid dienone is 2. The molecule has 0 aromatic rings. The van der Waals surface area contributed by atoms with Crippen LogP contribution in [0.25, 0.3) is 0 Å². The minimum atomic E-state index is -2.09. The lowest BCUT2D eigenvalue weighted by Gasteiger charge is -2.12.